The molecule has 0 radical (unpaired) electrons. The summed E-state index contributed by atoms with van der Waals surface area (Å²) in [5.74, 6) is -0.0388. The Morgan fingerprint density at radius 1 is 1.38 bits per heavy atom. The molecule has 0 bridgehead atoms. The lowest BCUT2D eigenvalue weighted by Crippen LogP contribution is -2.51. The molecule has 1 heterocycles. The third kappa shape index (κ3) is 3.15. The van der Waals surface area contributed by atoms with Gasteiger partial charge in [0, 0.05) is 26.0 Å². The van der Waals surface area contributed by atoms with Crippen LogP contribution in [0, 0.1) is 5.41 Å². The number of oxime groups is 1. The molecule has 2 rings (SSSR count). The highest BCUT2D eigenvalue weighted by molar-refractivity contribution is 6.06. The number of nitrogens with two attached hydrogens (primary N) is 1. The zero-order chi connectivity index (χ0) is 15.3. The molecule has 6 nitrogen and oxygen atoms in total. The van der Waals surface area contributed by atoms with Gasteiger partial charge < -0.3 is 15.8 Å². The van der Waals surface area contributed by atoms with Gasteiger partial charge in [-0.2, -0.15) is 0 Å². The van der Waals surface area contributed by atoms with E-state index in [2.05, 4.69) is 10.1 Å². The van der Waals surface area contributed by atoms with Gasteiger partial charge >= 0.3 is 0 Å². The highest BCUT2D eigenvalue weighted by atomic mass is 16.4. The maximum absolute atomic E-state index is 12.9. The minimum absolute atomic E-state index is 0.0359. The first-order valence-electron chi connectivity index (χ1n) is 7.22. The normalized spacial score (nSPS) is 18.2. The SMILES string of the molecule is CN(Cc1ccncc1)C(=O)C1(C(N)=NO)CCCCC1. The van der Waals surface area contributed by atoms with Crippen LogP contribution in [0.1, 0.15) is 37.7 Å². The number of pyridine rings is 1. The molecule has 3 N–H and O–H groups in total. The molecule has 0 saturated heterocycles. The molecule has 114 valence electrons. The molecule has 1 saturated carbocycles. The first kappa shape index (κ1) is 15.3. The molecular weight excluding hydrogens is 268 g/mol. The van der Waals surface area contributed by atoms with Gasteiger partial charge in [0.25, 0.3) is 0 Å². The Hall–Kier alpha value is -2.11. The smallest absolute Gasteiger partial charge is 0.236 e. The van der Waals surface area contributed by atoms with Crippen molar-refractivity contribution in [2.24, 2.45) is 16.3 Å². The Balaban J connectivity index is 2.18. The van der Waals surface area contributed by atoms with Gasteiger partial charge in [0.15, 0.2) is 5.84 Å². The van der Waals surface area contributed by atoms with Crippen molar-refractivity contribution in [2.75, 3.05) is 7.05 Å². The van der Waals surface area contributed by atoms with E-state index in [0.29, 0.717) is 19.4 Å². The fourth-order valence-corrected chi connectivity index (χ4v) is 3.03. The molecule has 1 aromatic heterocycles. The predicted octanol–water partition coefficient (Wildman–Crippen LogP) is 1.74. The molecule has 6 heteroatoms. The zero-order valence-electron chi connectivity index (χ0n) is 12.3. The van der Waals surface area contributed by atoms with E-state index in [4.69, 9.17) is 10.9 Å². The van der Waals surface area contributed by atoms with E-state index in [1.807, 2.05) is 12.1 Å². The summed E-state index contributed by atoms with van der Waals surface area (Å²) >= 11 is 0. The standard InChI is InChI=1S/C15H22N4O2/c1-19(11-12-5-9-17-10-6-12)14(20)15(13(16)18-21)7-3-2-4-8-15/h5-6,9-10,21H,2-4,7-8,11H2,1H3,(H2,16,18). The van der Waals surface area contributed by atoms with Crippen molar-refractivity contribution in [1.29, 1.82) is 0 Å². The number of hydrogen-bond donors (Lipinski definition) is 2. The summed E-state index contributed by atoms with van der Waals surface area (Å²) in [7, 11) is 1.75. The molecule has 0 aliphatic heterocycles. The summed E-state index contributed by atoms with van der Waals surface area (Å²) in [5.41, 5.74) is 6.01. The van der Waals surface area contributed by atoms with E-state index in [9.17, 15) is 4.79 Å². The molecule has 1 amide bonds. The van der Waals surface area contributed by atoms with Gasteiger partial charge in [0.05, 0.1) is 0 Å². The first-order valence-corrected chi connectivity index (χ1v) is 7.22. The fourth-order valence-electron chi connectivity index (χ4n) is 3.03. The molecule has 0 spiro atoms. The van der Waals surface area contributed by atoms with Crippen molar-refractivity contribution >= 4 is 11.7 Å². The van der Waals surface area contributed by atoms with Gasteiger partial charge in [0.2, 0.25) is 5.91 Å². The monoisotopic (exact) mass is 290 g/mol. The highest BCUT2D eigenvalue weighted by Crippen LogP contribution is 2.38. The quantitative estimate of drug-likeness (QED) is 0.382. The molecule has 1 fully saturated rings. The van der Waals surface area contributed by atoms with Crippen molar-refractivity contribution in [3.8, 4) is 0 Å². The number of carbonyl (C=O) groups excluding carboxylic acids is 1. The molecule has 1 aliphatic rings. The second kappa shape index (κ2) is 6.56. The van der Waals surface area contributed by atoms with E-state index in [1.54, 1.807) is 24.3 Å². The molecular formula is C15H22N4O2. The number of nitrogens with zero attached hydrogens (tertiary/aromatic N) is 3. The zero-order valence-corrected chi connectivity index (χ0v) is 12.3. The van der Waals surface area contributed by atoms with E-state index in [1.165, 1.54) is 0 Å². The lowest BCUT2D eigenvalue weighted by Gasteiger charge is -2.37. The van der Waals surface area contributed by atoms with Crippen LogP contribution in [0.5, 0.6) is 0 Å². The Bertz CT molecular complexity index is 510. The second-order valence-electron chi connectivity index (χ2n) is 5.64. The summed E-state index contributed by atoms with van der Waals surface area (Å²) in [4.78, 5) is 18.5. The van der Waals surface area contributed by atoms with E-state index in [0.717, 1.165) is 24.8 Å². The number of carbonyl (C=O) groups is 1. The average Bonchev–Trinajstić information content (AvgIpc) is 2.54. The molecule has 0 aromatic carbocycles. The van der Waals surface area contributed by atoms with Gasteiger partial charge in [0.1, 0.15) is 5.41 Å². The van der Waals surface area contributed by atoms with Gasteiger partial charge in [-0.05, 0) is 30.5 Å². The molecule has 21 heavy (non-hydrogen) atoms. The predicted molar refractivity (Wildman–Crippen MR) is 79.6 cm³/mol. The van der Waals surface area contributed by atoms with Gasteiger partial charge in [-0.15, -0.1) is 0 Å². The van der Waals surface area contributed by atoms with E-state index in [-0.39, 0.29) is 11.7 Å². The Morgan fingerprint density at radius 3 is 2.57 bits per heavy atom. The van der Waals surface area contributed by atoms with Crippen LogP contribution in [0.4, 0.5) is 0 Å². The van der Waals surface area contributed by atoms with Crippen molar-refractivity contribution < 1.29 is 10.0 Å². The topological polar surface area (TPSA) is 91.8 Å². The lowest BCUT2D eigenvalue weighted by molar-refractivity contribution is -0.139. The average molecular weight is 290 g/mol. The van der Waals surface area contributed by atoms with Crippen molar-refractivity contribution in [3.63, 3.8) is 0 Å². The van der Waals surface area contributed by atoms with Gasteiger partial charge in [-0.25, -0.2) is 0 Å². The minimum atomic E-state index is -0.852. The van der Waals surface area contributed by atoms with Gasteiger partial charge in [-0.1, -0.05) is 24.4 Å². The summed E-state index contributed by atoms with van der Waals surface area (Å²) in [6, 6.07) is 3.75. The third-order valence-electron chi connectivity index (χ3n) is 4.23. The van der Waals surface area contributed by atoms with E-state index >= 15 is 0 Å². The number of aromatic nitrogens is 1. The molecule has 0 unspecified atom stereocenters. The lowest BCUT2D eigenvalue weighted by atomic mass is 9.72. The van der Waals surface area contributed by atoms with Crippen LogP contribution in [0.25, 0.3) is 0 Å². The van der Waals surface area contributed by atoms with Crippen LogP contribution in [0.15, 0.2) is 29.7 Å². The number of amidine groups is 1. The Labute approximate surface area is 124 Å². The Kier molecular flexibility index (Phi) is 4.77. The van der Waals surface area contributed by atoms with E-state index < -0.39 is 5.41 Å². The van der Waals surface area contributed by atoms with Crippen molar-refractivity contribution in [3.05, 3.63) is 30.1 Å². The first-order chi connectivity index (χ1) is 10.1. The van der Waals surface area contributed by atoms with Crippen LogP contribution in [0.2, 0.25) is 0 Å². The second-order valence-corrected chi connectivity index (χ2v) is 5.64. The molecule has 0 atom stereocenters. The van der Waals surface area contributed by atoms with Crippen LogP contribution in [-0.4, -0.2) is 33.9 Å². The Morgan fingerprint density at radius 2 is 2.00 bits per heavy atom. The summed E-state index contributed by atoms with van der Waals surface area (Å²) in [6.07, 6.45) is 7.61. The van der Waals surface area contributed by atoms with Crippen molar-refractivity contribution in [2.45, 2.75) is 38.6 Å². The third-order valence-corrected chi connectivity index (χ3v) is 4.23. The number of hydrogen-bond acceptors (Lipinski definition) is 4. The summed E-state index contributed by atoms with van der Waals surface area (Å²) in [6.45, 7) is 0.488. The number of rotatable bonds is 4. The van der Waals surface area contributed by atoms with Crippen LogP contribution in [0.3, 0.4) is 0 Å². The maximum Gasteiger partial charge on any atom is 0.236 e. The molecule has 1 aliphatic carbocycles. The summed E-state index contributed by atoms with van der Waals surface area (Å²) in [5, 5.41) is 12.2. The van der Waals surface area contributed by atoms with Crippen LogP contribution >= 0.6 is 0 Å². The highest BCUT2D eigenvalue weighted by Gasteiger charge is 2.45. The number of amides is 1. The maximum atomic E-state index is 12.9. The molecule has 1 aromatic rings. The minimum Gasteiger partial charge on any atom is -0.409 e. The van der Waals surface area contributed by atoms with Crippen LogP contribution in [-0.2, 0) is 11.3 Å². The van der Waals surface area contributed by atoms with Gasteiger partial charge in [-0.3, -0.25) is 9.78 Å². The van der Waals surface area contributed by atoms with Crippen LogP contribution < -0.4 is 5.73 Å². The largest absolute Gasteiger partial charge is 0.409 e. The summed E-state index contributed by atoms with van der Waals surface area (Å²) < 4.78 is 0. The van der Waals surface area contributed by atoms with Crippen molar-refractivity contribution in [1.82, 2.24) is 9.88 Å². The fraction of sp³-hybridized carbons (Fsp3) is 0.533.